The number of benzene rings is 1. The van der Waals surface area contributed by atoms with Gasteiger partial charge in [-0.1, -0.05) is 0 Å². The second kappa shape index (κ2) is 6.45. The number of likely N-dealkylation sites (tertiary alicyclic amines) is 1. The van der Waals surface area contributed by atoms with Crippen molar-refractivity contribution in [1.82, 2.24) is 14.7 Å². The van der Waals surface area contributed by atoms with Gasteiger partial charge in [-0.3, -0.25) is 9.58 Å². The molecule has 24 heavy (non-hydrogen) atoms. The first-order valence-electron chi connectivity index (χ1n) is 8.52. The molecule has 0 spiro atoms. The van der Waals surface area contributed by atoms with Gasteiger partial charge in [-0.25, -0.2) is 0 Å². The summed E-state index contributed by atoms with van der Waals surface area (Å²) in [5.74, 6) is 1.59. The van der Waals surface area contributed by atoms with Crippen LogP contribution >= 0.6 is 0 Å². The first kappa shape index (κ1) is 15.5. The van der Waals surface area contributed by atoms with E-state index >= 15 is 0 Å². The third kappa shape index (κ3) is 3.12. The van der Waals surface area contributed by atoms with Crippen molar-refractivity contribution in [3.05, 3.63) is 30.0 Å². The molecule has 1 atom stereocenters. The summed E-state index contributed by atoms with van der Waals surface area (Å²) in [5.41, 5.74) is 3.17. The molecule has 1 N–H and O–H groups in total. The quantitative estimate of drug-likeness (QED) is 0.931. The fraction of sp³-hybridized carbons (Fsp3) is 0.500. The van der Waals surface area contributed by atoms with Crippen LogP contribution in [0.4, 0.5) is 0 Å². The number of aromatic nitrogens is 2. The maximum absolute atomic E-state index is 9.74. The SMILES string of the molecule is Cn1cc(CN2CC[C@H](O)C2)c(-c2ccc3c(c2)OCCCO3)n1. The number of hydrogen-bond acceptors (Lipinski definition) is 5. The highest BCUT2D eigenvalue weighted by atomic mass is 16.5. The summed E-state index contributed by atoms with van der Waals surface area (Å²) in [7, 11) is 1.94. The van der Waals surface area contributed by atoms with Crippen LogP contribution < -0.4 is 9.47 Å². The minimum Gasteiger partial charge on any atom is -0.490 e. The molecule has 2 aliphatic heterocycles. The molecule has 1 fully saturated rings. The summed E-state index contributed by atoms with van der Waals surface area (Å²) in [6, 6.07) is 6.03. The standard InChI is InChI=1S/C18H23N3O3/c1-20-10-14(11-21-6-5-15(22)12-21)18(19-20)13-3-4-16-17(9-13)24-8-2-7-23-16/h3-4,9-10,15,22H,2,5-8,11-12H2,1H3/t15-/m0/s1. The van der Waals surface area contributed by atoms with E-state index < -0.39 is 0 Å². The van der Waals surface area contributed by atoms with Gasteiger partial charge in [0.25, 0.3) is 0 Å². The Morgan fingerprint density at radius 3 is 2.88 bits per heavy atom. The molecule has 1 aromatic heterocycles. The average Bonchev–Trinajstić information content (AvgIpc) is 3.04. The van der Waals surface area contributed by atoms with Crippen molar-refractivity contribution in [2.75, 3.05) is 26.3 Å². The average molecular weight is 329 g/mol. The Balaban J connectivity index is 1.63. The molecule has 1 saturated heterocycles. The van der Waals surface area contributed by atoms with Crippen LogP contribution in [-0.2, 0) is 13.6 Å². The van der Waals surface area contributed by atoms with E-state index in [4.69, 9.17) is 9.47 Å². The second-order valence-corrected chi connectivity index (χ2v) is 6.57. The molecule has 0 radical (unpaired) electrons. The molecule has 0 unspecified atom stereocenters. The van der Waals surface area contributed by atoms with Gasteiger partial charge in [-0.2, -0.15) is 5.10 Å². The van der Waals surface area contributed by atoms with E-state index in [1.165, 1.54) is 5.56 Å². The molecule has 0 saturated carbocycles. The fourth-order valence-electron chi connectivity index (χ4n) is 3.40. The Kier molecular flexibility index (Phi) is 4.16. The number of hydrogen-bond donors (Lipinski definition) is 1. The minimum absolute atomic E-state index is 0.205. The van der Waals surface area contributed by atoms with Crippen LogP contribution in [0.15, 0.2) is 24.4 Å². The van der Waals surface area contributed by atoms with Crippen molar-refractivity contribution in [1.29, 1.82) is 0 Å². The number of ether oxygens (including phenoxy) is 2. The molecule has 128 valence electrons. The van der Waals surface area contributed by atoms with Crippen molar-refractivity contribution in [3.8, 4) is 22.8 Å². The van der Waals surface area contributed by atoms with Crippen LogP contribution in [0.25, 0.3) is 11.3 Å². The van der Waals surface area contributed by atoms with Crippen molar-refractivity contribution >= 4 is 0 Å². The third-order valence-corrected chi connectivity index (χ3v) is 4.57. The van der Waals surface area contributed by atoms with Crippen LogP contribution in [0.1, 0.15) is 18.4 Å². The molecule has 3 heterocycles. The number of aliphatic hydroxyl groups excluding tert-OH is 1. The monoisotopic (exact) mass is 329 g/mol. The highest BCUT2D eigenvalue weighted by Gasteiger charge is 2.23. The Hall–Kier alpha value is -2.05. The fourth-order valence-corrected chi connectivity index (χ4v) is 3.40. The Morgan fingerprint density at radius 2 is 2.08 bits per heavy atom. The van der Waals surface area contributed by atoms with Crippen molar-refractivity contribution in [2.45, 2.75) is 25.5 Å². The van der Waals surface area contributed by atoms with E-state index in [-0.39, 0.29) is 6.10 Å². The van der Waals surface area contributed by atoms with Gasteiger partial charge in [0.05, 0.1) is 25.0 Å². The largest absolute Gasteiger partial charge is 0.490 e. The van der Waals surface area contributed by atoms with Gasteiger partial charge in [-0.05, 0) is 24.6 Å². The Morgan fingerprint density at radius 1 is 1.25 bits per heavy atom. The van der Waals surface area contributed by atoms with Crippen LogP contribution in [-0.4, -0.2) is 52.2 Å². The molecule has 6 nitrogen and oxygen atoms in total. The molecule has 4 rings (SSSR count). The lowest BCUT2D eigenvalue weighted by Crippen LogP contribution is -2.21. The molecular formula is C18H23N3O3. The highest BCUT2D eigenvalue weighted by Crippen LogP contribution is 2.35. The van der Waals surface area contributed by atoms with E-state index in [1.54, 1.807) is 0 Å². The zero-order chi connectivity index (χ0) is 16.5. The molecule has 0 bridgehead atoms. The van der Waals surface area contributed by atoms with Crippen LogP contribution in [0.3, 0.4) is 0 Å². The molecular weight excluding hydrogens is 306 g/mol. The lowest BCUT2D eigenvalue weighted by molar-refractivity contribution is 0.175. The summed E-state index contributed by atoms with van der Waals surface area (Å²) in [4.78, 5) is 2.27. The van der Waals surface area contributed by atoms with E-state index in [0.29, 0.717) is 13.2 Å². The molecule has 1 aromatic carbocycles. The molecule has 2 aliphatic rings. The van der Waals surface area contributed by atoms with E-state index in [2.05, 4.69) is 16.2 Å². The molecule has 2 aromatic rings. The predicted octanol–water partition coefficient (Wildman–Crippen LogP) is 1.81. The summed E-state index contributed by atoms with van der Waals surface area (Å²) >= 11 is 0. The van der Waals surface area contributed by atoms with Crippen molar-refractivity contribution in [3.63, 3.8) is 0 Å². The normalized spacial score (nSPS) is 21.0. The number of nitrogens with zero attached hydrogens (tertiary/aromatic N) is 3. The summed E-state index contributed by atoms with van der Waals surface area (Å²) < 4.78 is 13.4. The van der Waals surface area contributed by atoms with Gasteiger partial charge >= 0.3 is 0 Å². The maximum atomic E-state index is 9.74. The third-order valence-electron chi connectivity index (χ3n) is 4.57. The van der Waals surface area contributed by atoms with E-state index in [0.717, 1.165) is 55.2 Å². The maximum Gasteiger partial charge on any atom is 0.161 e. The summed E-state index contributed by atoms with van der Waals surface area (Å²) in [5, 5.41) is 14.4. The number of aliphatic hydroxyl groups is 1. The zero-order valence-corrected chi connectivity index (χ0v) is 13.9. The van der Waals surface area contributed by atoms with Crippen LogP contribution in [0, 0.1) is 0 Å². The first-order valence-corrected chi connectivity index (χ1v) is 8.52. The lowest BCUT2D eigenvalue weighted by atomic mass is 10.1. The smallest absolute Gasteiger partial charge is 0.161 e. The van der Waals surface area contributed by atoms with Crippen molar-refractivity contribution in [2.24, 2.45) is 7.05 Å². The van der Waals surface area contributed by atoms with Gasteiger partial charge < -0.3 is 14.6 Å². The molecule has 0 amide bonds. The summed E-state index contributed by atoms with van der Waals surface area (Å²) in [6.07, 6.45) is 3.60. The number of β-amino-alcohol motifs (C(OH)–C–C–N with tert-alkyl or cyclic N) is 1. The second-order valence-electron chi connectivity index (χ2n) is 6.57. The zero-order valence-electron chi connectivity index (χ0n) is 13.9. The van der Waals surface area contributed by atoms with E-state index in [9.17, 15) is 5.11 Å². The van der Waals surface area contributed by atoms with E-state index in [1.807, 2.05) is 29.9 Å². The van der Waals surface area contributed by atoms with Crippen LogP contribution in [0.2, 0.25) is 0 Å². The van der Waals surface area contributed by atoms with Crippen LogP contribution in [0.5, 0.6) is 11.5 Å². The van der Waals surface area contributed by atoms with Gasteiger partial charge in [0.2, 0.25) is 0 Å². The highest BCUT2D eigenvalue weighted by molar-refractivity contribution is 5.66. The topological polar surface area (TPSA) is 59.8 Å². The first-order chi connectivity index (χ1) is 11.7. The Labute approximate surface area is 141 Å². The minimum atomic E-state index is -0.205. The lowest BCUT2D eigenvalue weighted by Gasteiger charge is -2.15. The van der Waals surface area contributed by atoms with Gasteiger partial charge in [0.1, 0.15) is 0 Å². The van der Waals surface area contributed by atoms with Gasteiger partial charge in [-0.15, -0.1) is 0 Å². The Bertz CT molecular complexity index is 728. The number of rotatable bonds is 3. The predicted molar refractivity (Wildman–Crippen MR) is 90.2 cm³/mol. The number of aryl methyl sites for hydroxylation is 1. The molecule has 0 aliphatic carbocycles. The number of fused-ring (bicyclic) bond motifs is 1. The van der Waals surface area contributed by atoms with Crippen molar-refractivity contribution < 1.29 is 14.6 Å². The summed E-state index contributed by atoms with van der Waals surface area (Å²) in [6.45, 7) is 3.83. The molecule has 6 heteroatoms. The van der Waals surface area contributed by atoms with Gasteiger partial charge in [0, 0.05) is 50.4 Å². The van der Waals surface area contributed by atoms with Gasteiger partial charge in [0.15, 0.2) is 11.5 Å².